The summed E-state index contributed by atoms with van der Waals surface area (Å²) in [5.41, 5.74) is 1.97. The number of ketones is 1. The maximum absolute atomic E-state index is 12.9. The van der Waals surface area contributed by atoms with Crippen molar-refractivity contribution in [2.24, 2.45) is 5.92 Å². The van der Waals surface area contributed by atoms with Crippen LogP contribution in [0.1, 0.15) is 30.1 Å². The third-order valence-electron chi connectivity index (χ3n) is 6.86. The van der Waals surface area contributed by atoms with Gasteiger partial charge in [0.2, 0.25) is 5.78 Å². The Hall–Kier alpha value is -3.10. The minimum atomic E-state index is -0.589. The van der Waals surface area contributed by atoms with Crippen LogP contribution in [0.4, 0.5) is 20.2 Å². The van der Waals surface area contributed by atoms with E-state index in [2.05, 4.69) is 5.32 Å². The van der Waals surface area contributed by atoms with E-state index in [4.69, 9.17) is 4.74 Å². The Morgan fingerprint density at radius 1 is 0.892 bits per heavy atom. The lowest BCUT2D eigenvalue weighted by Crippen LogP contribution is -3.00. The molecule has 0 amide bonds. The van der Waals surface area contributed by atoms with E-state index in [-0.39, 0.29) is 34.8 Å². The van der Waals surface area contributed by atoms with Gasteiger partial charge in [-0.15, -0.1) is 0 Å². The van der Waals surface area contributed by atoms with Crippen molar-refractivity contribution in [1.82, 2.24) is 0 Å². The van der Waals surface area contributed by atoms with Gasteiger partial charge >= 0.3 is 5.97 Å². The van der Waals surface area contributed by atoms with E-state index in [1.807, 2.05) is 60.7 Å². The third kappa shape index (κ3) is 7.94. The lowest BCUT2D eigenvalue weighted by molar-refractivity contribution is -0.938. The van der Waals surface area contributed by atoms with Gasteiger partial charge in [-0.3, -0.25) is 9.59 Å². The topological polar surface area (TPSA) is 55.4 Å². The Bertz CT molecular complexity index is 1170. The maximum atomic E-state index is 12.9. The summed E-state index contributed by atoms with van der Waals surface area (Å²) < 4.78 is 32.0. The molecule has 3 fully saturated rings. The first kappa shape index (κ1) is 28.5. The fourth-order valence-corrected chi connectivity index (χ4v) is 5.12. The molecule has 0 radical (unpaired) electrons. The first-order chi connectivity index (χ1) is 17.3. The van der Waals surface area contributed by atoms with Gasteiger partial charge in [-0.25, -0.2) is 8.78 Å². The Morgan fingerprint density at radius 3 is 2.03 bits per heavy atom. The summed E-state index contributed by atoms with van der Waals surface area (Å²) in [6, 6.07) is 22.0. The summed E-state index contributed by atoms with van der Waals surface area (Å²) in [5.74, 6) is -0.707. The first-order valence-corrected chi connectivity index (χ1v) is 12.2. The molecular weight excluding hydrogens is 542 g/mol. The zero-order valence-electron chi connectivity index (χ0n) is 20.7. The zero-order valence-corrected chi connectivity index (χ0v) is 22.3. The number of Topliss-reactive ketones (excluding diaryl/α,β-unsaturated/α-hetero) is 1. The molecule has 5 nitrogen and oxygen atoms in total. The van der Waals surface area contributed by atoms with Crippen LogP contribution in [0.15, 0.2) is 78.9 Å². The molecular formula is C29H31BrF2N2O3. The average molecular weight is 573 g/mol. The van der Waals surface area contributed by atoms with Crippen molar-refractivity contribution >= 4 is 23.1 Å². The molecule has 3 saturated heterocycles. The van der Waals surface area contributed by atoms with E-state index in [0.29, 0.717) is 18.2 Å². The lowest BCUT2D eigenvalue weighted by atomic mass is 9.83. The van der Waals surface area contributed by atoms with Gasteiger partial charge in [-0.1, -0.05) is 48.5 Å². The van der Waals surface area contributed by atoms with E-state index in [1.54, 1.807) is 0 Å². The van der Waals surface area contributed by atoms with E-state index in [1.165, 1.54) is 19.1 Å². The highest BCUT2D eigenvalue weighted by molar-refractivity contribution is 5.96. The maximum Gasteiger partial charge on any atom is 0.303 e. The van der Waals surface area contributed by atoms with Crippen LogP contribution in [0.25, 0.3) is 0 Å². The van der Waals surface area contributed by atoms with Crippen LogP contribution in [0.3, 0.4) is 0 Å². The number of para-hydroxylation sites is 1. The number of anilines is 2. The van der Waals surface area contributed by atoms with Gasteiger partial charge < -0.3 is 31.5 Å². The minimum absolute atomic E-state index is 0. The number of carbonyl (C=O) groups is 2. The Kier molecular flexibility index (Phi) is 9.94. The van der Waals surface area contributed by atoms with Crippen molar-refractivity contribution in [3.8, 4) is 0 Å². The summed E-state index contributed by atoms with van der Waals surface area (Å²) in [4.78, 5) is 23.7. The molecule has 3 aromatic carbocycles. The number of nitrogens with one attached hydrogen (secondary N) is 1. The highest BCUT2D eigenvalue weighted by Gasteiger charge is 2.48. The van der Waals surface area contributed by atoms with Gasteiger partial charge in [0, 0.05) is 48.7 Å². The fourth-order valence-electron chi connectivity index (χ4n) is 5.12. The Labute approximate surface area is 226 Å². The molecule has 0 spiro atoms. The molecule has 1 N–H and O–H groups in total. The molecule has 196 valence electrons. The molecule has 3 aromatic rings. The minimum Gasteiger partial charge on any atom is -1.00 e. The summed E-state index contributed by atoms with van der Waals surface area (Å²) in [6.07, 6.45) is 2.11. The smallest absolute Gasteiger partial charge is 0.303 e. The number of hydrogen-bond donors (Lipinski definition) is 1. The van der Waals surface area contributed by atoms with Crippen LogP contribution in [0.2, 0.25) is 0 Å². The average Bonchev–Trinajstić information content (AvgIpc) is 2.85. The SMILES string of the molecule is CC(=O)OC1C[N+]2(CC(=O)c3ccccc3)CCC1CC2.Fc1cc(F)cc(Nc2ccccc2)c1.[Br-]. The number of hydrogen-bond acceptors (Lipinski definition) is 4. The second kappa shape index (κ2) is 12.9. The Morgan fingerprint density at radius 2 is 1.46 bits per heavy atom. The highest BCUT2D eigenvalue weighted by Crippen LogP contribution is 2.35. The van der Waals surface area contributed by atoms with Gasteiger partial charge in [0.1, 0.15) is 24.7 Å². The molecule has 1 atom stereocenters. The third-order valence-corrected chi connectivity index (χ3v) is 6.86. The fraction of sp³-hybridized carbons (Fsp3) is 0.310. The largest absolute Gasteiger partial charge is 1.00 e. The molecule has 37 heavy (non-hydrogen) atoms. The number of piperidine rings is 3. The number of halogens is 3. The molecule has 3 aliphatic rings. The molecule has 0 aliphatic carbocycles. The summed E-state index contributed by atoms with van der Waals surface area (Å²) >= 11 is 0. The van der Waals surface area contributed by atoms with Crippen molar-refractivity contribution < 1.29 is 44.6 Å². The predicted molar refractivity (Wildman–Crippen MR) is 135 cm³/mol. The van der Waals surface area contributed by atoms with Crippen LogP contribution >= 0.6 is 0 Å². The first-order valence-electron chi connectivity index (χ1n) is 12.2. The Balaban J connectivity index is 0.000000211. The standard InChI is InChI=1S/C17H22NO3.C12H9F2N.BrH/c1-13(19)21-17-12-18(9-7-15(17)8-10-18)11-16(20)14-5-3-2-4-6-14;13-9-6-10(14)8-12(7-9)15-11-4-2-1-3-5-11;/h2-6,15,17H,7-12H2,1H3;1-8,15H;1H/q+1;;/p-1. The van der Waals surface area contributed by atoms with Crippen molar-refractivity contribution in [1.29, 1.82) is 0 Å². The molecule has 3 heterocycles. The van der Waals surface area contributed by atoms with Crippen LogP contribution in [-0.2, 0) is 9.53 Å². The number of ether oxygens (including phenoxy) is 1. The summed E-state index contributed by atoms with van der Waals surface area (Å²) in [6.45, 7) is 4.84. The van der Waals surface area contributed by atoms with Crippen molar-refractivity contribution in [2.75, 3.05) is 31.5 Å². The van der Waals surface area contributed by atoms with Gasteiger partial charge in [0.05, 0.1) is 13.1 Å². The van der Waals surface area contributed by atoms with Crippen LogP contribution in [0.5, 0.6) is 0 Å². The second-order valence-corrected chi connectivity index (χ2v) is 9.55. The van der Waals surface area contributed by atoms with E-state index in [0.717, 1.165) is 54.3 Å². The summed E-state index contributed by atoms with van der Waals surface area (Å²) in [5, 5.41) is 2.91. The van der Waals surface area contributed by atoms with Crippen LogP contribution in [0, 0.1) is 17.6 Å². The molecule has 8 heteroatoms. The van der Waals surface area contributed by atoms with Gasteiger partial charge in [-0.05, 0) is 24.3 Å². The number of benzene rings is 3. The molecule has 0 aromatic heterocycles. The van der Waals surface area contributed by atoms with Crippen molar-refractivity contribution in [3.05, 3.63) is 96.1 Å². The number of carbonyl (C=O) groups excluding carboxylic acids is 2. The second-order valence-electron chi connectivity index (χ2n) is 9.55. The van der Waals surface area contributed by atoms with Gasteiger partial charge in [-0.2, -0.15) is 0 Å². The zero-order chi connectivity index (χ0) is 25.5. The molecule has 3 aliphatic heterocycles. The number of nitrogens with zero attached hydrogens (tertiary/aromatic N) is 1. The van der Waals surface area contributed by atoms with E-state index >= 15 is 0 Å². The lowest BCUT2D eigenvalue weighted by Gasteiger charge is -2.51. The highest BCUT2D eigenvalue weighted by atomic mass is 79.9. The number of esters is 1. The number of quaternary nitrogens is 1. The molecule has 0 saturated carbocycles. The van der Waals surface area contributed by atoms with Crippen molar-refractivity contribution in [2.45, 2.75) is 25.9 Å². The number of fused-ring (bicyclic) bond motifs is 3. The molecule has 2 bridgehead atoms. The van der Waals surface area contributed by atoms with Crippen LogP contribution in [-0.4, -0.2) is 48.5 Å². The van der Waals surface area contributed by atoms with Gasteiger partial charge in [0.15, 0.2) is 6.10 Å². The van der Waals surface area contributed by atoms with Crippen molar-refractivity contribution in [3.63, 3.8) is 0 Å². The van der Waals surface area contributed by atoms with E-state index < -0.39 is 11.6 Å². The monoisotopic (exact) mass is 572 g/mol. The molecule has 6 rings (SSSR count). The number of rotatable bonds is 6. The van der Waals surface area contributed by atoms with Crippen LogP contribution < -0.4 is 22.3 Å². The molecule has 1 unspecified atom stereocenters. The quantitative estimate of drug-likeness (QED) is 0.280. The van der Waals surface area contributed by atoms with Gasteiger partial charge in [0.25, 0.3) is 0 Å². The summed E-state index contributed by atoms with van der Waals surface area (Å²) in [7, 11) is 0. The van der Waals surface area contributed by atoms with E-state index in [9.17, 15) is 18.4 Å². The predicted octanol–water partition coefficient (Wildman–Crippen LogP) is 2.75. The normalized spacial score (nSPS) is 21.6.